The van der Waals surface area contributed by atoms with E-state index in [1.54, 1.807) is 0 Å². The van der Waals surface area contributed by atoms with E-state index in [2.05, 4.69) is 104 Å². The molecule has 0 spiro atoms. The van der Waals surface area contributed by atoms with Crippen LogP contribution in [0.5, 0.6) is 0 Å². The molecular formula is C62H106N2Ni. The minimum absolute atomic E-state index is 0. The molecule has 2 nitrogen and oxygen atoms in total. The normalized spacial score (nSPS) is 12.3. The van der Waals surface area contributed by atoms with Gasteiger partial charge >= 0.3 is 16.5 Å². The number of allylic oxidation sites excluding steroid dienone is 2. The van der Waals surface area contributed by atoms with Gasteiger partial charge in [0.25, 0.3) is 0 Å². The zero-order valence-corrected chi connectivity index (χ0v) is 45.1. The van der Waals surface area contributed by atoms with E-state index in [-0.39, 0.29) is 16.5 Å². The van der Waals surface area contributed by atoms with E-state index in [9.17, 15) is 5.53 Å². The maximum Gasteiger partial charge on any atom is 2.00 e. The predicted molar refractivity (Wildman–Crippen MR) is 289 cm³/mol. The van der Waals surface area contributed by atoms with Crippen LogP contribution in [0.25, 0.3) is 16.9 Å². The van der Waals surface area contributed by atoms with Crippen molar-refractivity contribution in [2.75, 3.05) is 0 Å². The van der Waals surface area contributed by atoms with Crippen LogP contribution in [0, 0.1) is 13.8 Å². The standard InChI is InChI=1S/C34H48N2.2C14H29.Ni/c1-5-9-13-14-16-28-21-25-30(26-22-28)34-32(18-12-8-4)31(17-11-7-3)33(36(34)35)29-23-19-27(20-24-29)15-10-6-2;2*1-3-5-7-9-11-13-14-12-10-8-6-4-2;/h19-26H,5-18H2,1-4H3;2*1,3-14H2,2H3;/q;2*-1;+2. The molecule has 0 unspecified atom stereocenters. The van der Waals surface area contributed by atoms with Gasteiger partial charge in [-0.3, -0.25) is 0 Å². The summed E-state index contributed by atoms with van der Waals surface area (Å²) < 4.78 is 1.52. The third-order valence-electron chi connectivity index (χ3n) is 13.2. The van der Waals surface area contributed by atoms with Gasteiger partial charge in [0.1, 0.15) is 0 Å². The number of benzene rings is 2. The molecule has 2 aromatic carbocycles. The summed E-state index contributed by atoms with van der Waals surface area (Å²) in [5.41, 5.74) is 21.4. The van der Waals surface area contributed by atoms with Crippen molar-refractivity contribution in [1.29, 1.82) is 0 Å². The van der Waals surface area contributed by atoms with Crippen LogP contribution < -0.4 is 0 Å². The van der Waals surface area contributed by atoms with Gasteiger partial charge in [0.05, 0.1) is 0 Å². The van der Waals surface area contributed by atoms with Crippen molar-refractivity contribution in [3.63, 3.8) is 0 Å². The fourth-order valence-corrected chi connectivity index (χ4v) is 8.97. The molecule has 0 N–H and O–H groups in total. The summed E-state index contributed by atoms with van der Waals surface area (Å²) in [6, 6.07) is 17.9. The Morgan fingerprint density at radius 3 is 0.862 bits per heavy atom. The zero-order valence-electron chi connectivity index (χ0n) is 44.1. The van der Waals surface area contributed by atoms with E-state index < -0.39 is 0 Å². The van der Waals surface area contributed by atoms with Gasteiger partial charge in [-0.25, -0.2) is 4.70 Å². The molecule has 0 fully saturated rings. The fourth-order valence-electron chi connectivity index (χ4n) is 8.97. The molecule has 0 amide bonds. The second kappa shape index (κ2) is 45.8. The smallest absolute Gasteiger partial charge is 0.493 e. The van der Waals surface area contributed by atoms with Crippen molar-refractivity contribution in [2.24, 2.45) is 0 Å². The van der Waals surface area contributed by atoms with Crippen molar-refractivity contribution in [2.45, 2.75) is 286 Å². The average Bonchev–Trinajstić information content (AvgIpc) is 3.60. The third-order valence-corrected chi connectivity index (χ3v) is 13.2. The molecule has 2 aromatic rings. The van der Waals surface area contributed by atoms with Crippen LogP contribution in [0.15, 0.2) is 59.7 Å². The third kappa shape index (κ3) is 30.2. The molecule has 65 heavy (non-hydrogen) atoms. The first-order chi connectivity index (χ1) is 31.5. The Labute approximate surface area is 417 Å². The molecule has 0 saturated carbocycles. The summed E-state index contributed by atoms with van der Waals surface area (Å²) in [6.07, 6.45) is 50.2. The predicted octanol–water partition coefficient (Wildman–Crippen LogP) is 21.7. The minimum Gasteiger partial charge on any atom is -0.493 e. The molecule has 0 aromatic heterocycles. The number of rotatable bonds is 38. The van der Waals surface area contributed by atoms with Gasteiger partial charge < -0.3 is 19.4 Å². The van der Waals surface area contributed by atoms with Crippen LogP contribution in [0.3, 0.4) is 0 Å². The van der Waals surface area contributed by atoms with E-state index in [4.69, 9.17) is 0 Å². The van der Waals surface area contributed by atoms with E-state index in [0.717, 1.165) is 86.7 Å². The van der Waals surface area contributed by atoms with Gasteiger partial charge in [-0.15, -0.1) is 0 Å². The monoisotopic (exact) mass is 937 g/mol. The van der Waals surface area contributed by atoms with E-state index in [0.29, 0.717) is 0 Å². The van der Waals surface area contributed by atoms with Crippen LogP contribution in [0.2, 0.25) is 0 Å². The minimum atomic E-state index is 0. The van der Waals surface area contributed by atoms with Crippen molar-refractivity contribution in [3.05, 3.63) is 101 Å². The van der Waals surface area contributed by atoms with Crippen molar-refractivity contribution in [3.8, 4) is 0 Å². The van der Waals surface area contributed by atoms with Crippen LogP contribution >= 0.6 is 0 Å². The topological polar surface area (TPSA) is 25.3 Å². The summed E-state index contributed by atoms with van der Waals surface area (Å²) in [7, 11) is 0. The Hall–Kier alpha value is -1.99. The maximum absolute atomic E-state index is 11.7. The van der Waals surface area contributed by atoms with Crippen molar-refractivity contribution < 1.29 is 21.2 Å². The van der Waals surface area contributed by atoms with Gasteiger partial charge in [-0.1, -0.05) is 246 Å². The van der Waals surface area contributed by atoms with Gasteiger partial charge in [0.15, 0.2) is 0 Å². The maximum atomic E-state index is 11.7. The molecule has 1 aliphatic rings. The summed E-state index contributed by atoms with van der Waals surface area (Å²) >= 11 is 0. The SMILES string of the molecule is CCCCCCc1ccc(C2=C(CCCC)C(CCCC)=C(c3ccc(CCCC)cc3)[N+]2=[N-])cc1.[CH2-]CCCCCCCCCCCCC.[CH2-]CCCCCCCCCCCCC.[Ni+2]. The summed E-state index contributed by atoms with van der Waals surface area (Å²) in [4.78, 5) is 0. The Balaban J connectivity index is 0.00000116. The zero-order chi connectivity index (χ0) is 46.7. The molecule has 0 bridgehead atoms. The van der Waals surface area contributed by atoms with Crippen LogP contribution in [-0.2, 0) is 29.3 Å². The first kappa shape index (κ1) is 63.0. The second-order valence-electron chi connectivity index (χ2n) is 19.3. The molecule has 374 valence electrons. The Morgan fingerprint density at radius 1 is 0.323 bits per heavy atom. The van der Waals surface area contributed by atoms with Gasteiger partial charge in [-0.05, 0) is 86.8 Å². The molecule has 3 rings (SSSR count). The molecule has 1 heterocycles. The van der Waals surface area contributed by atoms with E-state index in [1.807, 2.05) is 0 Å². The number of aryl methyl sites for hydroxylation is 2. The number of hydrogen-bond acceptors (Lipinski definition) is 0. The fraction of sp³-hybridized carbons (Fsp3) is 0.710. The largest absolute Gasteiger partial charge is 2.00 e. The number of nitrogens with zero attached hydrogens (tertiary/aromatic N) is 2. The molecule has 0 aliphatic carbocycles. The molecular weight excluding hydrogens is 831 g/mol. The molecule has 3 heteroatoms. The van der Waals surface area contributed by atoms with Crippen molar-refractivity contribution >= 4 is 11.4 Å². The Kier molecular flexibility index (Phi) is 44.4. The van der Waals surface area contributed by atoms with Gasteiger partial charge in [0.2, 0.25) is 11.4 Å². The van der Waals surface area contributed by atoms with Crippen molar-refractivity contribution in [1.82, 2.24) is 0 Å². The van der Waals surface area contributed by atoms with E-state index in [1.165, 1.54) is 207 Å². The summed E-state index contributed by atoms with van der Waals surface area (Å²) in [6.45, 7) is 21.3. The molecule has 1 aliphatic heterocycles. The second-order valence-corrected chi connectivity index (χ2v) is 19.3. The van der Waals surface area contributed by atoms with Crippen LogP contribution in [0.1, 0.15) is 295 Å². The summed E-state index contributed by atoms with van der Waals surface area (Å²) in [5.74, 6) is 0. The molecule has 0 atom stereocenters. The Morgan fingerprint density at radius 2 is 0.569 bits per heavy atom. The van der Waals surface area contributed by atoms with Crippen LogP contribution in [-0.4, -0.2) is 4.70 Å². The van der Waals surface area contributed by atoms with E-state index >= 15 is 0 Å². The molecule has 0 radical (unpaired) electrons. The quantitative estimate of drug-likeness (QED) is 0.0277. The number of unbranched alkanes of at least 4 members (excludes halogenated alkanes) is 28. The van der Waals surface area contributed by atoms with Crippen LogP contribution in [0.4, 0.5) is 0 Å². The Bertz CT molecular complexity index is 1370. The first-order valence-electron chi connectivity index (χ1n) is 28.2. The number of hydrogen-bond donors (Lipinski definition) is 0. The average molecular weight is 938 g/mol. The van der Waals surface area contributed by atoms with Gasteiger partial charge in [-0.2, -0.15) is 12.8 Å². The summed E-state index contributed by atoms with van der Waals surface area (Å²) in [5, 5.41) is 0. The molecule has 0 saturated heterocycles. The van der Waals surface area contributed by atoms with Gasteiger partial charge in [0, 0.05) is 22.3 Å². The first-order valence-corrected chi connectivity index (χ1v) is 28.2.